The highest BCUT2D eigenvalue weighted by atomic mass is 31.4. The summed E-state index contributed by atoms with van der Waals surface area (Å²) in [6.07, 6.45) is 5.07. The van der Waals surface area contributed by atoms with Crippen molar-refractivity contribution in [3.05, 3.63) is 108 Å². The van der Waals surface area contributed by atoms with Crippen LogP contribution in [0.25, 0.3) is 22.0 Å². The Bertz CT molecular complexity index is 1250. The summed E-state index contributed by atoms with van der Waals surface area (Å²) in [5, 5.41) is 7.94. The van der Waals surface area contributed by atoms with Gasteiger partial charge in [0.1, 0.15) is 0 Å². The number of hydrogen-bond acceptors (Lipinski definition) is 0. The molecule has 0 N–H and O–H groups in total. The van der Waals surface area contributed by atoms with Gasteiger partial charge in [-0.25, -0.2) is 0 Å². The van der Waals surface area contributed by atoms with Crippen LogP contribution in [0.2, 0.25) is 6.55 Å². The first-order valence-electron chi connectivity index (χ1n) is 11.4. The standard InChI is InChI=1S/C29H30PSi/c1-4-30(5-2)26-20-12-18-25-19-13-21-27(29(25)26)31(30,3)28(24-16-10-7-11-17-24)22-23-14-8-6-9-15-23/h6-22H,4-5H2,1-3H3/q+1. The minimum atomic E-state index is -2.05. The van der Waals surface area contributed by atoms with Gasteiger partial charge < -0.3 is 0 Å². The summed E-state index contributed by atoms with van der Waals surface area (Å²) >= 11 is 0. The Labute approximate surface area is 187 Å². The zero-order chi connectivity index (χ0) is 21.5. The van der Waals surface area contributed by atoms with Crippen LogP contribution in [0.5, 0.6) is 0 Å². The van der Waals surface area contributed by atoms with Crippen LogP contribution in [0.1, 0.15) is 25.0 Å². The average molecular weight is 438 g/mol. The molecule has 31 heavy (non-hydrogen) atoms. The lowest BCUT2D eigenvalue weighted by molar-refractivity contribution is 1.41. The fraction of sp³-hybridized carbons (Fsp3) is 0.172. The van der Waals surface area contributed by atoms with E-state index in [0.29, 0.717) is 0 Å². The summed E-state index contributed by atoms with van der Waals surface area (Å²) < 4.78 is 0. The van der Waals surface area contributed by atoms with Crippen LogP contribution in [0.4, 0.5) is 0 Å². The van der Waals surface area contributed by atoms with E-state index in [0.717, 1.165) is 0 Å². The van der Waals surface area contributed by atoms with Crippen molar-refractivity contribution in [3.63, 3.8) is 0 Å². The highest BCUT2D eigenvalue weighted by Gasteiger charge is 2.65. The summed E-state index contributed by atoms with van der Waals surface area (Å²) in [6, 6.07) is 36.3. The van der Waals surface area contributed by atoms with Gasteiger partial charge in [0.2, 0.25) is 0 Å². The molecule has 0 saturated heterocycles. The number of rotatable bonds is 5. The summed E-state index contributed by atoms with van der Waals surface area (Å²) in [5.41, 5.74) is 2.71. The van der Waals surface area contributed by atoms with E-state index in [1.165, 1.54) is 28.8 Å². The highest BCUT2D eigenvalue weighted by molar-refractivity contribution is 8.18. The van der Waals surface area contributed by atoms with Gasteiger partial charge in [0, 0.05) is 12.2 Å². The third-order valence-electron chi connectivity index (χ3n) is 7.52. The van der Waals surface area contributed by atoms with Gasteiger partial charge in [-0.3, -0.25) is 0 Å². The van der Waals surface area contributed by atoms with Gasteiger partial charge in [0.25, 0.3) is 7.74 Å². The van der Waals surface area contributed by atoms with Crippen molar-refractivity contribution < 1.29 is 0 Å². The summed E-state index contributed by atoms with van der Waals surface area (Å²) in [5.74, 6) is 0. The second-order valence-corrected chi connectivity index (χ2v) is 20.8. The largest absolute Gasteiger partial charge is 0.296 e. The first-order valence-corrected chi connectivity index (χ1v) is 16.9. The van der Waals surface area contributed by atoms with Crippen LogP contribution in [0.15, 0.2) is 97.1 Å². The maximum Gasteiger partial charge on any atom is 0.296 e. The molecule has 0 aliphatic carbocycles. The number of benzene rings is 4. The van der Waals surface area contributed by atoms with Crippen molar-refractivity contribution in [2.45, 2.75) is 20.4 Å². The lowest BCUT2D eigenvalue weighted by atomic mass is 10.1. The molecule has 5 rings (SSSR count). The van der Waals surface area contributed by atoms with Crippen LogP contribution in [0.3, 0.4) is 0 Å². The maximum atomic E-state index is 2.68. The molecule has 0 radical (unpaired) electrons. The van der Waals surface area contributed by atoms with Crippen molar-refractivity contribution in [2.75, 3.05) is 12.3 Å². The molecule has 4 aromatic carbocycles. The average Bonchev–Trinajstić information content (AvgIpc) is 3.06. The topological polar surface area (TPSA) is 0 Å². The molecule has 0 bridgehead atoms. The Morgan fingerprint density at radius 1 is 0.742 bits per heavy atom. The second kappa shape index (κ2) is 7.90. The summed E-state index contributed by atoms with van der Waals surface area (Å²) in [6.45, 7) is 6.22. The molecule has 0 saturated carbocycles. The molecule has 4 aromatic rings. The van der Waals surface area contributed by atoms with E-state index in [2.05, 4.69) is 124 Å². The van der Waals surface area contributed by atoms with E-state index in [1.54, 1.807) is 21.1 Å². The van der Waals surface area contributed by atoms with Gasteiger partial charge in [-0.2, -0.15) is 0 Å². The quantitative estimate of drug-likeness (QED) is 0.177. The predicted molar refractivity (Wildman–Crippen MR) is 144 cm³/mol. The van der Waals surface area contributed by atoms with Crippen LogP contribution in [0, 0.1) is 0 Å². The van der Waals surface area contributed by atoms with Crippen LogP contribution in [-0.2, 0) is 0 Å². The van der Waals surface area contributed by atoms with Gasteiger partial charge in [0.15, 0.2) is 0 Å². The molecule has 154 valence electrons. The monoisotopic (exact) mass is 437 g/mol. The van der Waals surface area contributed by atoms with E-state index in [4.69, 9.17) is 0 Å². The van der Waals surface area contributed by atoms with E-state index in [-0.39, 0.29) is 0 Å². The summed E-state index contributed by atoms with van der Waals surface area (Å²) in [4.78, 5) is 0. The SMILES string of the molecule is CC[P+]1(CC)c2cccc3cccc(c23)[Si]1(C)C(=Cc1ccccc1)c1ccccc1. The van der Waals surface area contributed by atoms with E-state index in [1.807, 2.05) is 0 Å². The van der Waals surface area contributed by atoms with Crippen molar-refractivity contribution >= 4 is 47.1 Å². The second-order valence-electron chi connectivity index (χ2n) is 8.69. The molecular formula is C29H30PSi+. The Kier molecular flexibility index (Phi) is 5.20. The van der Waals surface area contributed by atoms with E-state index < -0.39 is 14.6 Å². The lowest BCUT2D eigenvalue weighted by Crippen LogP contribution is -2.48. The van der Waals surface area contributed by atoms with Crippen molar-refractivity contribution in [1.29, 1.82) is 0 Å². The Morgan fingerprint density at radius 3 is 2.00 bits per heavy atom. The maximum absolute atomic E-state index is 2.68. The zero-order valence-electron chi connectivity index (χ0n) is 18.7. The lowest BCUT2D eigenvalue weighted by Gasteiger charge is -2.37. The molecule has 0 nitrogen and oxygen atoms in total. The molecule has 2 heteroatoms. The fourth-order valence-electron chi connectivity index (χ4n) is 5.97. The van der Waals surface area contributed by atoms with Crippen LogP contribution < -0.4 is 10.5 Å². The highest BCUT2D eigenvalue weighted by Crippen LogP contribution is 2.71. The molecular weight excluding hydrogens is 407 g/mol. The zero-order valence-corrected chi connectivity index (χ0v) is 20.6. The van der Waals surface area contributed by atoms with Gasteiger partial charge >= 0.3 is 0 Å². The number of hydrogen-bond donors (Lipinski definition) is 0. The molecule has 1 aliphatic rings. The van der Waals surface area contributed by atoms with Crippen LogP contribution >= 0.6 is 6.81 Å². The van der Waals surface area contributed by atoms with E-state index in [9.17, 15) is 0 Å². The van der Waals surface area contributed by atoms with E-state index >= 15 is 0 Å². The minimum Gasteiger partial charge on any atom is -0.0622 e. The molecule has 1 heterocycles. The summed E-state index contributed by atoms with van der Waals surface area (Å²) in [7, 11) is -2.05. The van der Waals surface area contributed by atoms with Crippen molar-refractivity contribution in [3.8, 4) is 0 Å². The smallest absolute Gasteiger partial charge is 0.0622 e. The first-order chi connectivity index (χ1) is 15.2. The Hall–Kier alpha value is -2.47. The fourth-order valence-corrected chi connectivity index (χ4v) is 23.3. The Balaban J connectivity index is 1.89. The molecule has 0 fully saturated rings. The van der Waals surface area contributed by atoms with Gasteiger partial charge in [-0.05, 0) is 53.4 Å². The van der Waals surface area contributed by atoms with Crippen LogP contribution in [-0.4, -0.2) is 20.1 Å². The molecule has 1 atom stereocenters. The van der Waals surface area contributed by atoms with Crippen molar-refractivity contribution in [1.82, 2.24) is 0 Å². The Morgan fingerprint density at radius 2 is 1.35 bits per heavy atom. The normalized spacial score (nSPS) is 19.6. The first kappa shape index (κ1) is 20.4. The minimum absolute atomic E-state index is 1.28. The molecule has 1 unspecified atom stereocenters. The molecule has 0 aromatic heterocycles. The third-order valence-corrected chi connectivity index (χ3v) is 24.8. The predicted octanol–water partition coefficient (Wildman–Crippen LogP) is 7.10. The molecule has 0 spiro atoms. The third kappa shape index (κ3) is 2.91. The van der Waals surface area contributed by atoms with Crippen molar-refractivity contribution in [2.24, 2.45) is 0 Å². The van der Waals surface area contributed by atoms with Gasteiger partial charge in [-0.1, -0.05) is 97.1 Å². The van der Waals surface area contributed by atoms with Gasteiger partial charge in [-0.15, -0.1) is 0 Å². The van der Waals surface area contributed by atoms with Gasteiger partial charge in [0.05, 0.1) is 17.6 Å². The molecule has 0 amide bonds. The molecule has 1 aliphatic heterocycles.